The van der Waals surface area contributed by atoms with Crippen molar-refractivity contribution in [3.05, 3.63) is 41.7 Å². The topological polar surface area (TPSA) is 93.1 Å². The summed E-state index contributed by atoms with van der Waals surface area (Å²) in [7, 11) is 0. The van der Waals surface area contributed by atoms with Gasteiger partial charge in [-0.05, 0) is 58.9 Å². The second-order valence-corrected chi connectivity index (χ2v) is 8.51. The van der Waals surface area contributed by atoms with Crippen LogP contribution in [0.4, 0.5) is 10.7 Å². The van der Waals surface area contributed by atoms with E-state index >= 15 is 0 Å². The zero-order chi connectivity index (χ0) is 20.9. The summed E-state index contributed by atoms with van der Waals surface area (Å²) in [6.07, 6.45) is 7.89. The van der Waals surface area contributed by atoms with Gasteiger partial charge >= 0.3 is 6.09 Å². The predicted molar refractivity (Wildman–Crippen MR) is 110 cm³/mol. The van der Waals surface area contributed by atoms with E-state index in [0.717, 1.165) is 42.9 Å². The largest absolute Gasteiger partial charge is 0.444 e. The first-order valence-corrected chi connectivity index (χ1v) is 10.1. The van der Waals surface area contributed by atoms with Gasteiger partial charge < -0.3 is 15.0 Å². The molecule has 2 aromatic heterocycles. The average molecular weight is 399 g/mol. The van der Waals surface area contributed by atoms with Crippen LogP contribution in [0.2, 0.25) is 0 Å². The summed E-state index contributed by atoms with van der Waals surface area (Å²) in [6, 6.07) is 1.93. The number of ether oxygens (including phenoxy) is 1. The third-order valence-corrected chi connectivity index (χ3v) is 4.64. The van der Waals surface area contributed by atoms with E-state index in [1.54, 1.807) is 18.6 Å². The number of hydrogen-bond donors (Lipinski definition) is 1. The Morgan fingerprint density at radius 3 is 2.79 bits per heavy atom. The zero-order valence-electron chi connectivity index (χ0n) is 17.7. The van der Waals surface area contributed by atoms with Crippen molar-refractivity contribution in [2.45, 2.75) is 59.1 Å². The van der Waals surface area contributed by atoms with Crippen LogP contribution in [0.25, 0.3) is 0 Å². The Bertz CT molecular complexity index is 819. The molecule has 1 aliphatic rings. The average Bonchev–Trinajstić information content (AvgIpc) is 2.67. The van der Waals surface area contributed by atoms with Crippen LogP contribution in [-0.4, -0.2) is 49.6 Å². The van der Waals surface area contributed by atoms with Crippen LogP contribution in [0.3, 0.4) is 0 Å². The molecule has 29 heavy (non-hydrogen) atoms. The highest BCUT2D eigenvalue weighted by Gasteiger charge is 2.27. The van der Waals surface area contributed by atoms with E-state index in [-0.39, 0.29) is 6.09 Å². The minimum atomic E-state index is -0.473. The van der Waals surface area contributed by atoms with Gasteiger partial charge in [-0.15, -0.1) is 0 Å². The van der Waals surface area contributed by atoms with Crippen molar-refractivity contribution in [2.24, 2.45) is 5.92 Å². The lowest BCUT2D eigenvalue weighted by Crippen LogP contribution is -2.43. The number of aryl methyl sites for hydroxylation is 1. The Balaban J connectivity index is 1.55. The first-order chi connectivity index (χ1) is 13.8. The minimum absolute atomic E-state index is 0.230. The number of rotatable bonds is 5. The molecular weight excluding hydrogens is 368 g/mol. The molecule has 156 valence electrons. The Hall–Kier alpha value is -2.77. The summed E-state index contributed by atoms with van der Waals surface area (Å²) in [5.41, 5.74) is 2.22. The number of anilines is 1. The smallest absolute Gasteiger partial charge is 0.410 e. The summed E-state index contributed by atoms with van der Waals surface area (Å²) in [5, 5.41) is 3.20. The van der Waals surface area contributed by atoms with Crippen molar-refractivity contribution in [3.8, 4) is 0 Å². The standard InChI is InChI=1S/C21H30N6O2/c1-15-11-24-18(12-23-15)13-25-19-22-8-7-17(26-19)10-16-6-5-9-27(14-16)20(28)29-21(2,3)4/h7-8,11-12,16H,5-6,9-10,13-14H2,1-4H3,(H,22,25,26)/t16-/m0/s1. The van der Waals surface area contributed by atoms with Crippen LogP contribution in [0, 0.1) is 12.8 Å². The molecule has 1 aliphatic heterocycles. The Kier molecular flexibility index (Phi) is 6.61. The number of likely N-dealkylation sites (tertiary alicyclic amines) is 1. The molecule has 0 spiro atoms. The highest BCUT2D eigenvalue weighted by Crippen LogP contribution is 2.22. The second kappa shape index (κ2) is 9.15. The molecule has 1 amide bonds. The van der Waals surface area contributed by atoms with Crippen LogP contribution in [-0.2, 0) is 17.7 Å². The van der Waals surface area contributed by atoms with Gasteiger partial charge in [0.1, 0.15) is 5.60 Å². The van der Waals surface area contributed by atoms with Crippen LogP contribution in [0.1, 0.15) is 50.7 Å². The number of nitrogens with zero attached hydrogens (tertiary/aromatic N) is 5. The Morgan fingerprint density at radius 2 is 2.07 bits per heavy atom. The monoisotopic (exact) mass is 398 g/mol. The van der Waals surface area contributed by atoms with Gasteiger partial charge in [-0.3, -0.25) is 9.97 Å². The Labute approximate surface area is 172 Å². The molecule has 1 fully saturated rings. The van der Waals surface area contributed by atoms with E-state index in [9.17, 15) is 4.79 Å². The van der Waals surface area contributed by atoms with E-state index in [0.29, 0.717) is 25.0 Å². The molecule has 1 saturated heterocycles. The van der Waals surface area contributed by atoms with E-state index < -0.39 is 5.60 Å². The molecule has 3 rings (SSSR count). The van der Waals surface area contributed by atoms with Gasteiger partial charge in [-0.1, -0.05) is 0 Å². The lowest BCUT2D eigenvalue weighted by atomic mass is 9.93. The second-order valence-electron chi connectivity index (χ2n) is 8.51. The number of carbonyl (C=O) groups is 1. The molecule has 3 heterocycles. The molecule has 0 bridgehead atoms. The molecule has 0 unspecified atom stereocenters. The molecule has 0 aliphatic carbocycles. The molecule has 0 saturated carbocycles. The van der Waals surface area contributed by atoms with Crippen molar-refractivity contribution >= 4 is 12.0 Å². The van der Waals surface area contributed by atoms with Gasteiger partial charge in [0.05, 0.1) is 24.1 Å². The van der Waals surface area contributed by atoms with Gasteiger partial charge in [0.15, 0.2) is 0 Å². The van der Waals surface area contributed by atoms with Crippen molar-refractivity contribution in [3.63, 3.8) is 0 Å². The minimum Gasteiger partial charge on any atom is -0.444 e. The van der Waals surface area contributed by atoms with Crippen molar-refractivity contribution < 1.29 is 9.53 Å². The number of aromatic nitrogens is 4. The summed E-state index contributed by atoms with van der Waals surface area (Å²) in [4.78, 5) is 31.7. The van der Waals surface area contributed by atoms with Crippen LogP contribution in [0.15, 0.2) is 24.7 Å². The lowest BCUT2D eigenvalue weighted by Gasteiger charge is -2.34. The first-order valence-electron chi connectivity index (χ1n) is 10.1. The highest BCUT2D eigenvalue weighted by atomic mass is 16.6. The normalized spacial score (nSPS) is 17.1. The highest BCUT2D eigenvalue weighted by molar-refractivity contribution is 5.68. The molecule has 0 aromatic carbocycles. The van der Waals surface area contributed by atoms with Gasteiger partial charge in [-0.2, -0.15) is 0 Å². The van der Waals surface area contributed by atoms with Crippen molar-refractivity contribution in [1.82, 2.24) is 24.8 Å². The van der Waals surface area contributed by atoms with Gasteiger partial charge in [0.25, 0.3) is 0 Å². The summed E-state index contributed by atoms with van der Waals surface area (Å²) >= 11 is 0. The first kappa shape index (κ1) is 21.0. The maximum absolute atomic E-state index is 12.4. The van der Waals surface area contributed by atoms with Crippen molar-refractivity contribution in [2.75, 3.05) is 18.4 Å². The van der Waals surface area contributed by atoms with Gasteiger partial charge in [0.2, 0.25) is 5.95 Å². The summed E-state index contributed by atoms with van der Waals surface area (Å²) in [5.74, 6) is 0.937. The van der Waals surface area contributed by atoms with Gasteiger partial charge in [0, 0.05) is 31.2 Å². The fourth-order valence-corrected chi connectivity index (χ4v) is 3.29. The zero-order valence-corrected chi connectivity index (χ0v) is 17.7. The van der Waals surface area contributed by atoms with Crippen LogP contribution < -0.4 is 5.32 Å². The predicted octanol–water partition coefficient (Wildman–Crippen LogP) is 3.38. The van der Waals surface area contributed by atoms with E-state index in [1.165, 1.54) is 0 Å². The maximum atomic E-state index is 12.4. The number of nitrogens with one attached hydrogen (secondary N) is 1. The third kappa shape index (κ3) is 6.66. The molecule has 2 aromatic rings. The van der Waals surface area contributed by atoms with Gasteiger partial charge in [-0.25, -0.2) is 14.8 Å². The molecule has 0 radical (unpaired) electrons. The summed E-state index contributed by atoms with van der Waals surface area (Å²) in [6.45, 7) is 9.55. The lowest BCUT2D eigenvalue weighted by molar-refractivity contribution is 0.0165. The molecule has 1 N–H and O–H groups in total. The molecule has 8 nitrogen and oxygen atoms in total. The SMILES string of the molecule is Cc1cnc(CNc2nccc(C[C@@H]3CCCN(C(=O)OC(C)(C)C)C3)n2)cn1. The molecule has 8 heteroatoms. The van der Waals surface area contributed by atoms with Crippen LogP contribution >= 0.6 is 0 Å². The molecule has 1 atom stereocenters. The number of amides is 1. The van der Waals surface area contributed by atoms with E-state index in [2.05, 4.69) is 25.3 Å². The molecular formula is C21H30N6O2. The quantitative estimate of drug-likeness (QED) is 0.825. The van der Waals surface area contributed by atoms with E-state index in [4.69, 9.17) is 4.74 Å². The number of hydrogen-bond acceptors (Lipinski definition) is 7. The van der Waals surface area contributed by atoms with E-state index in [1.807, 2.05) is 38.7 Å². The third-order valence-electron chi connectivity index (χ3n) is 4.64. The summed E-state index contributed by atoms with van der Waals surface area (Å²) < 4.78 is 5.52. The Morgan fingerprint density at radius 1 is 1.24 bits per heavy atom. The number of piperidine rings is 1. The fourth-order valence-electron chi connectivity index (χ4n) is 3.29. The van der Waals surface area contributed by atoms with Crippen molar-refractivity contribution in [1.29, 1.82) is 0 Å². The maximum Gasteiger partial charge on any atom is 0.410 e. The number of carbonyl (C=O) groups excluding carboxylic acids is 1. The fraction of sp³-hybridized carbons (Fsp3) is 0.571. The van der Waals surface area contributed by atoms with Crippen LogP contribution in [0.5, 0.6) is 0 Å².